The van der Waals surface area contributed by atoms with Crippen molar-refractivity contribution in [3.63, 3.8) is 0 Å². The lowest BCUT2D eigenvalue weighted by Gasteiger charge is -2.20. The van der Waals surface area contributed by atoms with E-state index in [1.54, 1.807) is 57.2 Å². The van der Waals surface area contributed by atoms with E-state index in [-0.39, 0.29) is 10.8 Å². The van der Waals surface area contributed by atoms with Gasteiger partial charge < -0.3 is 14.8 Å². The molecule has 2 aromatic carbocycles. The van der Waals surface area contributed by atoms with Crippen molar-refractivity contribution in [2.45, 2.75) is 38.1 Å². The molecule has 0 saturated heterocycles. The molecule has 0 radical (unpaired) electrons. The molecule has 0 fully saturated rings. The Balaban J connectivity index is 1.97. The molecule has 0 unspecified atom stereocenters. The SMILES string of the molecule is CCOCCOc1ccc(C(=O)Nc2ccc(S(=O)(=O)NC(C)(C)C)cc2)cc1. The van der Waals surface area contributed by atoms with Gasteiger partial charge in [-0.1, -0.05) is 0 Å². The van der Waals surface area contributed by atoms with Crippen molar-refractivity contribution in [3.05, 3.63) is 54.1 Å². The molecule has 2 aromatic rings. The molecule has 0 bridgehead atoms. The van der Waals surface area contributed by atoms with Crippen LogP contribution < -0.4 is 14.8 Å². The molecule has 0 saturated carbocycles. The smallest absolute Gasteiger partial charge is 0.255 e. The third-order valence-corrected chi connectivity index (χ3v) is 5.45. The van der Waals surface area contributed by atoms with E-state index in [1.165, 1.54) is 12.1 Å². The fourth-order valence-corrected chi connectivity index (χ4v) is 3.87. The monoisotopic (exact) mass is 420 g/mol. The van der Waals surface area contributed by atoms with Crippen LogP contribution in [-0.2, 0) is 14.8 Å². The minimum atomic E-state index is -3.62. The first-order valence-corrected chi connectivity index (χ1v) is 10.8. The molecule has 8 heteroatoms. The van der Waals surface area contributed by atoms with Gasteiger partial charge in [-0.25, -0.2) is 13.1 Å². The van der Waals surface area contributed by atoms with Crippen LogP contribution in [0.25, 0.3) is 0 Å². The second-order valence-corrected chi connectivity index (χ2v) is 9.09. The fraction of sp³-hybridized carbons (Fsp3) is 0.381. The molecule has 1 amide bonds. The highest BCUT2D eigenvalue weighted by molar-refractivity contribution is 7.89. The van der Waals surface area contributed by atoms with Gasteiger partial charge in [0.25, 0.3) is 5.91 Å². The quantitative estimate of drug-likeness (QED) is 0.606. The summed E-state index contributed by atoms with van der Waals surface area (Å²) in [6.07, 6.45) is 0. The van der Waals surface area contributed by atoms with E-state index in [2.05, 4.69) is 10.0 Å². The molecular formula is C21H28N2O5S. The van der Waals surface area contributed by atoms with Crippen LogP contribution in [0.15, 0.2) is 53.4 Å². The molecule has 29 heavy (non-hydrogen) atoms. The first kappa shape index (κ1) is 22.9. The van der Waals surface area contributed by atoms with Gasteiger partial charge in [-0.3, -0.25) is 4.79 Å². The number of amides is 1. The van der Waals surface area contributed by atoms with Gasteiger partial charge in [0.05, 0.1) is 11.5 Å². The van der Waals surface area contributed by atoms with Crippen LogP contribution >= 0.6 is 0 Å². The summed E-state index contributed by atoms with van der Waals surface area (Å²) in [4.78, 5) is 12.5. The number of rotatable bonds is 9. The van der Waals surface area contributed by atoms with Crippen LogP contribution in [0, 0.1) is 0 Å². The summed E-state index contributed by atoms with van der Waals surface area (Å²) in [6.45, 7) is 8.83. The van der Waals surface area contributed by atoms with Crippen LogP contribution in [0.3, 0.4) is 0 Å². The number of hydrogen-bond acceptors (Lipinski definition) is 5. The molecule has 2 rings (SSSR count). The van der Waals surface area contributed by atoms with E-state index in [1.807, 2.05) is 6.92 Å². The van der Waals surface area contributed by atoms with E-state index in [9.17, 15) is 13.2 Å². The third-order valence-electron chi connectivity index (χ3n) is 3.68. The highest BCUT2D eigenvalue weighted by atomic mass is 32.2. The minimum absolute atomic E-state index is 0.138. The van der Waals surface area contributed by atoms with Crippen molar-refractivity contribution < 1.29 is 22.7 Å². The van der Waals surface area contributed by atoms with Gasteiger partial charge >= 0.3 is 0 Å². The zero-order valence-corrected chi connectivity index (χ0v) is 18.0. The van der Waals surface area contributed by atoms with Gasteiger partial charge in [0.15, 0.2) is 0 Å². The van der Waals surface area contributed by atoms with Crippen molar-refractivity contribution in [2.24, 2.45) is 0 Å². The number of nitrogens with one attached hydrogen (secondary N) is 2. The maximum atomic E-state index is 12.4. The number of anilines is 1. The molecule has 0 atom stereocenters. The Bertz CT molecular complexity index is 902. The van der Waals surface area contributed by atoms with Gasteiger partial charge in [0.1, 0.15) is 12.4 Å². The van der Waals surface area contributed by atoms with Crippen LogP contribution in [0.1, 0.15) is 38.1 Å². The van der Waals surface area contributed by atoms with Crippen molar-refractivity contribution >= 4 is 21.6 Å². The Hall–Kier alpha value is -2.42. The Morgan fingerprint density at radius 3 is 2.14 bits per heavy atom. The van der Waals surface area contributed by atoms with Crippen molar-refractivity contribution in [1.82, 2.24) is 4.72 Å². The van der Waals surface area contributed by atoms with E-state index < -0.39 is 15.6 Å². The molecule has 0 aliphatic carbocycles. The lowest BCUT2D eigenvalue weighted by Crippen LogP contribution is -2.40. The molecule has 0 spiro atoms. The normalized spacial score (nSPS) is 11.9. The Kier molecular flexibility index (Phi) is 7.78. The lowest BCUT2D eigenvalue weighted by molar-refractivity contribution is 0.102. The average Bonchev–Trinajstić information content (AvgIpc) is 2.64. The predicted molar refractivity (Wildman–Crippen MR) is 113 cm³/mol. The summed E-state index contributed by atoms with van der Waals surface area (Å²) < 4.78 is 38.0. The predicted octanol–water partition coefficient (Wildman–Crippen LogP) is 3.43. The molecule has 2 N–H and O–H groups in total. The second kappa shape index (κ2) is 9.87. The van der Waals surface area contributed by atoms with Gasteiger partial charge in [-0.15, -0.1) is 0 Å². The molecular weight excluding hydrogens is 392 g/mol. The van der Waals surface area contributed by atoms with Crippen LogP contribution in [-0.4, -0.2) is 39.7 Å². The van der Waals surface area contributed by atoms with E-state index in [4.69, 9.17) is 9.47 Å². The van der Waals surface area contributed by atoms with Crippen LogP contribution in [0.5, 0.6) is 5.75 Å². The lowest BCUT2D eigenvalue weighted by atomic mass is 10.1. The minimum Gasteiger partial charge on any atom is -0.491 e. The molecule has 0 aliphatic heterocycles. The highest BCUT2D eigenvalue weighted by Gasteiger charge is 2.21. The number of carbonyl (C=O) groups is 1. The Morgan fingerprint density at radius 2 is 1.59 bits per heavy atom. The molecule has 158 valence electrons. The van der Waals surface area contributed by atoms with Crippen LogP contribution in [0.4, 0.5) is 5.69 Å². The molecule has 0 aromatic heterocycles. The molecule has 0 aliphatic rings. The van der Waals surface area contributed by atoms with Gasteiger partial charge in [-0.05, 0) is 76.2 Å². The number of sulfonamides is 1. The van der Waals surface area contributed by atoms with Gasteiger partial charge in [0.2, 0.25) is 10.0 Å². The number of benzene rings is 2. The first-order valence-electron chi connectivity index (χ1n) is 9.37. The largest absolute Gasteiger partial charge is 0.491 e. The number of carbonyl (C=O) groups excluding carboxylic acids is 1. The van der Waals surface area contributed by atoms with Gasteiger partial charge in [-0.2, -0.15) is 0 Å². The second-order valence-electron chi connectivity index (χ2n) is 7.40. The highest BCUT2D eigenvalue weighted by Crippen LogP contribution is 2.18. The Morgan fingerprint density at radius 1 is 0.966 bits per heavy atom. The number of ether oxygens (including phenoxy) is 2. The average molecular weight is 421 g/mol. The topological polar surface area (TPSA) is 93.7 Å². The van der Waals surface area contributed by atoms with Crippen LogP contribution in [0.2, 0.25) is 0 Å². The summed E-state index contributed by atoms with van der Waals surface area (Å²) in [5.41, 5.74) is 0.389. The summed E-state index contributed by atoms with van der Waals surface area (Å²) in [6, 6.07) is 12.8. The Labute approximate surface area is 172 Å². The molecule has 0 heterocycles. The fourth-order valence-electron chi connectivity index (χ4n) is 2.45. The van der Waals surface area contributed by atoms with Gasteiger partial charge in [0, 0.05) is 23.4 Å². The van der Waals surface area contributed by atoms with E-state index in [0.717, 1.165) is 0 Å². The standard InChI is InChI=1S/C21H28N2O5S/c1-5-27-14-15-28-18-10-6-16(7-11-18)20(24)22-17-8-12-19(13-9-17)29(25,26)23-21(2,3)4/h6-13,23H,5,14-15H2,1-4H3,(H,22,24). The number of hydrogen-bond donors (Lipinski definition) is 2. The van der Waals surface area contributed by atoms with Crippen molar-refractivity contribution in [3.8, 4) is 5.75 Å². The van der Waals surface area contributed by atoms with E-state index in [0.29, 0.717) is 36.8 Å². The maximum Gasteiger partial charge on any atom is 0.255 e. The third kappa shape index (κ3) is 7.49. The van der Waals surface area contributed by atoms with E-state index >= 15 is 0 Å². The zero-order chi connectivity index (χ0) is 21.5. The summed E-state index contributed by atoms with van der Waals surface area (Å²) in [7, 11) is -3.62. The summed E-state index contributed by atoms with van der Waals surface area (Å²) in [5.74, 6) is 0.358. The van der Waals surface area contributed by atoms with Crippen molar-refractivity contribution in [1.29, 1.82) is 0 Å². The summed E-state index contributed by atoms with van der Waals surface area (Å²) >= 11 is 0. The first-order chi connectivity index (χ1) is 13.6. The summed E-state index contributed by atoms with van der Waals surface area (Å²) in [5, 5.41) is 2.75. The maximum absolute atomic E-state index is 12.4. The zero-order valence-electron chi connectivity index (χ0n) is 17.2. The van der Waals surface area contributed by atoms with Crippen molar-refractivity contribution in [2.75, 3.05) is 25.1 Å². The molecule has 7 nitrogen and oxygen atoms in total.